The van der Waals surface area contributed by atoms with Crippen LogP contribution in [-0.2, 0) is 17.7 Å². The van der Waals surface area contributed by atoms with Crippen LogP contribution in [0.2, 0.25) is 0 Å². The summed E-state index contributed by atoms with van der Waals surface area (Å²) >= 11 is 3.21. The van der Waals surface area contributed by atoms with Crippen LogP contribution >= 0.6 is 15.9 Å². The molecule has 1 amide bonds. The number of aromatic nitrogens is 1. The van der Waals surface area contributed by atoms with E-state index >= 15 is 0 Å². The summed E-state index contributed by atoms with van der Waals surface area (Å²) in [6.45, 7) is 6.48. The molecule has 0 fully saturated rings. The number of carbonyl (C=O) groups excluding carboxylic acids is 1. The summed E-state index contributed by atoms with van der Waals surface area (Å²) in [4.78, 5) is 27.9. The number of rotatable bonds is 0. The normalized spacial score (nSPS) is 15.1. The van der Waals surface area contributed by atoms with E-state index in [9.17, 15) is 9.59 Å². The minimum absolute atomic E-state index is 0.176. The summed E-state index contributed by atoms with van der Waals surface area (Å²) in [7, 11) is 0. The lowest BCUT2D eigenvalue weighted by Crippen LogP contribution is -2.40. The Morgan fingerprint density at radius 1 is 1.47 bits per heavy atom. The van der Waals surface area contributed by atoms with Crippen molar-refractivity contribution in [2.75, 3.05) is 6.54 Å². The van der Waals surface area contributed by atoms with E-state index in [0.29, 0.717) is 24.0 Å². The highest BCUT2D eigenvalue weighted by Gasteiger charge is 2.26. The zero-order chi connectivity index (χ0) is 14.2. The van der Waals surface area contributed by atoms with Gasteiger partial charge in [-0.25, -0.2) is 4.79 Å². The Kier molecular flexibility index (Phi) is 3.71. The lowest BCUT2D eigenvalue weighted by atomic mass is 10.1. The average Bonchev–Trinajstić information content (AvgIpc) is 2.27. The number of fused-ring (bicyclic) bond motifs is 1. The van der Waals surface area contributed by atoms with E-state index in [-0.39, 0.29) is 11.7 Å². The van der Waals surface area contributed by atoms with Gasteiger partial charge in [-0.05, 0) is 54.8 Å². The first-order chi connectivity index (χ1) is 8.76. The number of ether oxygens (including phenoxy) is 1. The molecule has 5 nitrogen and oxygen atoms in total. The van der Waals surface area contributed by atoms with Crippen LogP contribution in [0.3, 0.4) is 0 Å². The first-order valence-corrected chi connectivity index (χ1v) is 6.94. The first-order valence-electron chi connectivity index (χ1n) is 6.15. The van der Waals surface area contributed by atoms with Crippen molar-refractivity contribution >= 4 is 22.0 Å². The number of hydrogen-bond donors (Lipinski definition) is 1. The van der Waals surface area contributed by atoms with Crippen LogP contribution in [0.5, 0.6) is 0 Å². The Hall–Kier alpha value is -1.30. The van der Waals surface area contributed by atoms with E-state index in [0.717, 1.165) is 11.3 Å². The van der Waals surface area contributed by atoms with Gasteiger partial charge in [-0.15, -0.1) is 0 Å². The molecule has 2 rings (SSSR count). The predicted octanol–water partition coefficient (Wildman–Crippen LogP) is 2.43. The lowest BCUT2D eigenvalue weighted by Gasteiger charge is -2.30. The van der Waals surface area contributed by atoms with Gasteiger partial charge in [0.05, 0.1) is 11.0 Å². The van der Waals surface area contributed by atoms with Gasteiger partial charge < -0.3 is 14.6 Å². The number of H-pyrrole nitrogens is 1. The van der Waals surface area contributed by atoms with Crippen molar-refractivity contribution in [1.29, 1.82) is 0 Å². The van der Waals surface area contributed by atoms with Crippen molar-refractivity contribution in [3.05, 3.63) is 32.2 Å². The van der Waals surface area contributed by atoms with Crippen molar-refractivity contribution in [2.24, 2.45) is 0 Å². The first kappa shape index (κ1) is 14.1. The highest BCUT2D eigenvalue weighted by molar-refractivity contribution is 9.10. The molecule has 0 bridgehead atoms. The van der Waals surface area contributed by atoms with E-state index in [1.165, 1.54) is 0 Å². The van der Waals surface area contributed by atoms with E-state index in [1.54, 1.807) is 4.90 Å². The van der Waals surface area contributed by atoms with Crippen molar-refractivity contribution in [2.45, 2.75) is 39.3 Å². The fraction of sp³-hybridized carbons (Fsp3) is 0.538. The van der Waals surface area contributed by atoms with Gasteiger partial charge in [0.2, 0.25) is 0 Å². The molecule has 0 atom stereocenters. The predicted molar refractivity (Wildman–Crippen MR) is 75.1 cm³/mol. The van der Waals surface area contributed by atoms with Gasteiger partial charge >= 0.3 is 6.09 Å². The summed E-state index contributed by atoms with van der Waals surface area (Å²) in [5.41, 5.74) is 1.16. The Bertz CT molecular complexity index is 560. The van der Waals surface area contributed by atoms with E-state index in [2.05, 4.69) is 20.9 Å². The molecule has 0 aromatic carbocycles. The van der Waals surface area contributed by atoms with Gasteiger partial charge in [-0.1, -0.05) is 0 Å². The minimum atomic E-state index is -0.509. The number of halogens is 1. The number of amides is 1. The van der Waals surface area contributed by atoms with Crippen LogP contribution in [0.4, 0.5) is 4.79 Å². The second kappa shape index (κ2) is 5.00. The zero-order valence-corrected chi connectivity index (χ0v) is 12.8. The molecular formula is C13H17BrN2O3. The van der Waals surface area contributed by atoms with Gasteiger partial charge in [-0.3, -0.25) is 4.79 Å². The number of aromatic amines is 1. The minimum Gasteiger partial charge on any atom is -0.444 e. The third-order valence-corrected chi connectivity index (χ3v) is 3.41. The fourth-order valence-electron chi connectivity index (χ4n) is 1.95. The SMILES string of the molecule is CC(C)(C)OC(=O)N1CCc2cc(Br)c(=O)[nH]c2C1. The van der Waals surface area contributed by atoms with Crippen LogP contribution in [0, 0.1) is 0 Å². The molecule has 0 radical (unpaired) electrons. The maximum atomic E-state index is 12.0. The van der Waals surface area contributed by atoms with Crippen LogP contribution in [-0.4, -0.2) is 28.1 Å². The van der Waals surface area contributed by atoms with Crippen molar-refractivity contribution < 1.29 is 9.53 Å². The standard InChI is InChI=1S/C13H17BrN2O3/c1-13(2,3)19-12(18)16-5-4-8-6-9(14)11(17)15-10(8)7-16/h6H,4-5,7H2,1-3H3,(H,15,17). The molecule has 1 aromatic rings. The van der Waals surface area contributed by atoms with Crippen molar-refractivity contribution in [1.82, 2.24) is 9.88 Å². The van der Waals surface area contributed by atoms with E-state index in [4.69, 9.17) is 4.74 Å². The quantitative estimate of drug-likeness (QED) is 0.795. The lowest BCUT2D eigenvalue weighted by molar-refractivity contribution is 0.0220. The summed E-state index contributed by atoms with van der Waals surface area (Å²) < 4.78 is 5.86. The molecule has 6 heteroatoms. The molecule has 0 spiro atoms. The second-order valence-electron chi connectivity index (χ2n) is 5.60. The molecule has 1 N–H and O–H groups in total. The fourth-order valence-corrected chi connectivity index (χ4v) is 2.33. The second-order valence-corrected chi connectivity index (χ2v) is 6.46. The summed E-state index contributed by atoms with van der Waals surface area (Å²) in [5, 5.41) is 0. The summed E-state index contributed by atoms with van der Waals surface area (Å²) in [6, 6.07) is 1.82. The molecule has 0 aliphatic carbocycles. The smallest absolute Gasteiger partial charge is 0.410 e. The molecule has 1 aliphatic rings. The van der Waals surface area contributed by atoms with Gasteiger partial charge in [0.1, 0.15) is 5.60 Å². The van der Waals surface area contributed by atoms with Crippen molar-refractivity contribution in [3.63, 3.8) is 0 Å². The maximum absolute atomic E-state index is 12.0. The molecular weight excluding hydrogens is 312 g/mol. The number of pyridine rings is 1. The van der Waals surface area contributed by atoms with Crippen LogP contribution in [0.25, 0.3) is 0 Å². The molecule has 1 aliphatic heterocycles. The Balaban J connectivity index is 2.16. The van der Waals surface area contributed by atoms with Gasteiger partial charge in [-0.2, -0.15) is 0 Å². The average molecular weight is 329 g/mol. The molecule has 19 heavy (non-hydrogen) atoms. The third-order valence-electron chi connectivity index (χ3n) is 2.82. The zero-order valence-electron chi connectivity index (χ0n) is 11.2. The van der Waals surface area contributed by atoms with Crippen LogP contribution < -0.4 is 5.56 Å². The molecule has 0 unspecified atom stereocenters. The maximum Gasteiger partial charge on any atom is 0.410 e. The summed E-state index contributed by atoms with van der Waals surface area (Å²) in [6.07, 6.45) is 0.367. The van der Waals surface area contributed by atoms with Gasteiger partial charge in [0.25, 0.3) is 5.56 Å². The number of hydrogen-bond acceptors (Lipinski definition) is 3. The monoisotopic (exact) mass is 328 g/mol. The number of nitrogens with one attached hydrogen (secondary N) is 1. The molecule has 2 heterocycles. The Morgan fingerprint density at radius 2 is 2.16 bits per heavy atom. The Labute approximate surface area is 120 Å². The van der Waals surface area contributed by atoms with Crippen LogP contribution in [0.15, 0.2) is 15.3 Å². The van der Waals surface area contributed by atoms with Crippen molar-refractivity contribution in [3.8, 4) is 0 Å². The summed E-state index contributed by atoms with van der Waals surface area (Å²) in [5.74, 6) is 0. The largest absolute Gasteiger partial charge is 0.444 e. The topological polar surface area (TPSA) is 62.4 Å². The number of carbonyl (C=O) groups is 1. The van der Waals surface area contributed by atoms with Gasteiger partial charge in [0.15, 0.2) is 0 Å². The highest BCUT2D eigenvalue weighted by Crippen LogP contribution is 2.20. The third kappa shape index (κ3) is 3.37. The molecule has 104 valence electrons. The number of nitrogens with zero attached hydrogens (tertiary/aromatic N) is 1. The van der Waals surface area contributed by atoms with E-state index < -0.39 is 5.60 Å². The Morgan fingerprint density at radius 3 is 2.79 bits per heavy atom. The molecule has 0 saturated heterocycles. The van der Waals surface area contributed by atoms with Gasteiger partial charge in [0, 0.05) is 12.2 Å². The molecule has 1 aromatic heterocycles. The molecule has 0 saturated carbocycles. The highest BCUT2D eigenvalue weighted by atomic mass is 79.9. The van der Waals surface area contributed by atoms with Crippen LogP contribution in [0.1, 0.15) is 32.0 Å². The van der Waals surface area contributed by atoms with E-state index in [1.807, 2.05) is 26.8 Å².